The summed E-state index contributed by atoms with van der Waals surface area (Å²) < 4.78 is 22.1. The zero-order valence-corrected chi connectivity index (χ0v) is 34.4. The van der Waals surface area contributed by atoms with Gasteiger partial charge in [0.05, 0.1) is 24.3 Å². The first-order chi connectivity index (χ1) is 27.4. The number of allylic oxidation sites excluding steroid dienone is 2. The molecule has 0 fully saturated rings. The summed E-state index contributed by atoms with van der Waals surface area (Å²) in [5.74, 6) is -2.71. The van der Waals surface area contributed by atoms with Crippen LogP contribution in [-0.2, 0) is 19.1 Å². The number of rotatable bonds is 32. The zero-order chi connectivity index (χ0) is 40.1. The Bertz CT molecular complexity index is 1370. The van der Waals surface area contributed by atoms with Gasteiger partial charge in [-0.05, 0) is 61.4 Å². The van der Waals surface area contributed by atoms with E-state index in [9.17, 15) is 19.2 Å². The summed E-state index contributed by atoms with van der Waals surface area (Å²) in [4.78, 5) is 50.9. The molecule has 0 bridgehead atoms. The summed E-state index contributed by atoms with van der Waals surface area (Å²) in [5, 5.41) is 0. The van der Waals surface area contributed by atoms with Crippen molar-refractivity contribution in [3.63, 3.8) is 0 Å². The number of benzene rings is 2. The van der Waals surface area contributed by atoms with Crippen LogP contribution in [0.2, 0.25) is 0 Å². The number of ether oxygens (including phenoxy) is 4. The quantitative estimate of drug-likeness (QED) is 0.0411. The average Bonchev–Trinajstić information content (AvgIpc) is 3.20. The lowest BCUT2D eigenvalue weighted by Crippen LogP contribution is -2.20. The second-order valence-corrected chi connectivity index (χ2v) is 15.0. The molecule has 308 valence electrons. The number of esters is 2. The fourth-order valence-electron chi connectivity index (χ4n) is 6.64. The predicted octanol–water partition coefficient (Wildman–Crippen LogP) is 12.8. The smallest absolute Gasteiger partial charge is 0.343 e. The summed E-state index contributed by atoms with van der Waals surface area (Å²) in [6.45, 7) is 5.70. The van der Waals surface area contributed by atoms with Crippen LogP contribution in [0.15, 0.2) is 72.2 Å². The van der Waals surface area contributed by atoms with Crippen molar-refractivity contribution in [1.82, 2.24) is 0 Å². The van der Waals surface area contributed by atoms with Crippen molar-refractivity contribution in [2.75, 3.05) is 13.2 Å². The first-order valence-electron chi connectivity index (χ1n) is 21.8. The van der Waals surface area contributed by atoms with Crippen LogP contribution in [0, 0.1) is 0 Å². The molecule has 1 aliphatic rings. The number of hydrogen-bond donors (Lipinski definition) is 0. The van der Waals surface area contributed by atoms with Crippen LogP contribution in [0.5, 0.6) is 11.5 Å². The normalized spacial score (nSPS) is 12.6. The van der Waals surface area contributed by atoms with Crippen LogP contribution < -0.4 is 9.47 Å². The molecule has 0 aliphatic heterocycles. The summed E-state index contributed by atoms with van der Waals surface area (Å²) in [5.41, 5.74) is 0.401. The highest BCUT2D eigenvalue weighted by Crippen LogP contribution is 2.21. The van der Waals surface area contributed by atoms with Crippen molar-refractivity contribution in [3.8, 4) is 11.5 Å². The molecule has 0 aromatic heterocycles. The molecule has 0 saturated carbocycles. The van der Waals surface area contributed by atoms with Crippen molar-refractivity contribution in [3.05, 3.63) is 83.3 Å². The topological polar surface area (TPSA) is 105 Å². The maximum Gasteiger partial charge on any atom is 0.343 e. The minimum atomic E-state index is -0.792. The van der Waals surface area contributed by atoms with Crippen LogP contribution in [0.1, 0.15) is 189 Å². The van der Waals surface area contributed by atoms with Gasteiger partial charge >= 0.3 is 11.9 Å². The lowest BCUT2D eigenvalue weighted by atomic mass is 10.1. The van der Waals surface area contributed by atoms with E-state index in [-0.39, 0.29) is 11.1 Å². The van der Waals surface area contributed by atoms with Gasteiger partial charge in [0.2, 0.25) is 11.6 Å². The van der Waals surface area contributed by atoms with Crippen LogP contribution in [-0.4, -0.2) is 36.7 Å². The summed E-state index contributed by atoms with van der Waals surface area (Å²) in [6, 6.07) is 12.9. The molecule has 8 nitrogen and oxygen atoms in total. The van der Waals surface area contributed by atoms with Gasteiger partial charge in [-0.15, -0.1) is 0 Å². The molecule has 0 unspecified atom stereocenters. The Morgan fingerprint density at radius 2 is 0.661 bits per heavy atom. The van der Waals surface area contributed by atoms with E-state index in [0.29, 0.717) is 24.7 Å². The Morgan fingerprint density at radius 3 is 0.946 bits per heavy atom. The Kier molecular flexibility index (Phi) is 24.0. The largest absolute Gasteiger partial charge is 0.494 e. The SMILES string of the molecule is CCCCCCCCCCCCCCOc1ccc(C(=O)OC2=CC(=O)C(OC(=O)c3ccc(OCCCCCCCCCCCCCC)cc3)=CC2=O)cc1. The molecule has 3 rings (SSSR count). The summed E-state index contributed by atoms with van der Waals surface area (Å²) in [7, 11) is 0. The van der Waals surface area contributed by atoms with E-state index >= 15 is 0 Å². The molecular weight excluding hydrogens is 705 g/mol. The molecule has 0 heterocycles. The molecule has 8 heteroatoms. The highest BCUT2D eigenvalue weighted by Gasteiger charge is 2.27. The Labute approximate surface area is 336 Å². The first kappa shape index (κ1) is 46.2. The minimum Gasteiger partial charge on any atom is -0.494 e. The van der Waals surface area contributed by atoms with Crippen molar-refractivity contribution in [2.45, 2.75) is 168 Å². The number of carbonyl (C=O) groups excluding carboxylic acids is 4. The van der Waals surface area contributed by atoms with Gasteiger partial charge < -0.3 is 18.9 Å². The van der Waals surface area contributed by atoms with Gasteiger partial charge in [0.15, 0.2) is 11.5 Å². The monoisotopic (exact) mass is 772 g/mol. The van der Waals surface area contributed by atoms with E-state index in [0.717, 1.165) is 37.8 Å². The Morgan fingerprint density at radius 1 is 0.393 bits per heavy atom. The second kappa shape index (κ2) is 29.1. The molecule has 1 aliphatic carbocycles. The summed E-state index contributed by atoms with van der Waals surface area (Å²) >= 11 is 0. The lowest BCUT2D eigenvalue weighted by molar-refractivity contribution is -0.118. The van der Waals surface area contributed by atoms with Crippen LogP contribution in [0.25, 0.3) is 0 Å². The van der Waals surface area contributed by atoms with Gasteiger partial charge in [-0.1, -0.05) is 155 Å². The number of hydrogen-bond acceptors (Lipinski definition) is 8. The van der Waals surface area contributed by atoms with Crippen molar-refractivity contribution < 1.29 is 38.1 Å². The van der Waals surface area contributed by atoms with E-state index in [2.05, 4.69) is 13.8 Å². The Hall–Kier alpha value is -4.20. The standard InChI is InChI=1S/C48H68O8/c1-3-5-7-9-11-13-15-17-19-21-23-25-35-53-41-31-27-39(28-32-41)47(51)55-45-37-44(50)46(38-43(45)49)56-48(52)40-29-33-42(34-30-40)54-36-26-24-22-20-18-16-14-12-10-8-6-4-2/h27-34,37-38H,3-26,35-36H2,1-2H3. The molecule has 0 N–H and O–H groups in total. The number of ketones is 2. The van der Waals surface area contributed by atoms with Gasteiger partial charge in [0, 0.05) is 12.2 Å². The molecule has 56 heavy (non-hydrogen) atoms. The molecule has 0 spiro atoms. The summed E-state index contributed by atoms with van der Waals surface area (Å²) in [6.07, 6.45) is 32.4. The number of carbonyl (C=O) groups is 4. The Balaban J connectivity index is 1.27. The van der Waals surface area contributed by atoms with Crippen molar-refractivity contribution in [1.29, 1.82) is 0 Å². The zero-order valence-electron chi connectivity index (χ0n) is 34.4. The van der Waals surface area contributed by atoms with Gasteiger partial charge in [-0.25, -0.2) is 9.59 Å². The molecule has 2 aromatic rings. The highest BCUT2D eigenvalue weighted by atomic mass is 16.5. The second-order valence-electron chi connectivity index (χ2n) is 15.0. The average molecular weight is 773 g/mol. The van der Waals surface area contributed by atoms with E-state index in [4.69, 9.17) is 18.9 Å². The van der Waals surface area contributed by atoms with E-state index in [1.807, 2.05) is 0 Å². The molecule has 0 radical (unpaired) electrons. The third-order valence-corrected chi connectivity index (χ3v) is 10.1. The predicted molar refractivity (Wildman–Crippen MR) is 223 cm³/mol. The van der Waals surface area contributed by atoms with E-state index < -0.39 is 35.0 Å². The van der Waals surface area contributed by atoms with Gasteiger partial charge in [0.1, 0.15) is 11.5 Å². The number of unbranched alkanes of at least 4 members (excludes halogenated alkanes) is 22. The fraction of sp³-hybridized carbons (Fsp3) is 0.583. The maximum absolute atomic E-state index is 12.7. The van der Waals surface area contributed by atoms with E-state index in [1.54, 1.807) is 48.5 Å². The van der Waals surface area contributed by atoms with E-state index in [1.165, 1.54) is 128 Å². The molecule has 0 atom stereocenters. The van der Waals surface area contributed by atoms with Crippen LogP contribution in [0.4, 0.5) is 0 Å². The fourth-order valence-corrected chi connectivity index (χ4v) is 6.64. The van der Waals surface area contributed by atoms with Crippen LogP contribution >= 0.6 is 0 Å². The third-order valence-electron chi connectivity index (χ3n) is 10.1. The highest BCUT2D eigenvalue weighted by molar-refractivity contribution is 6.19. The minimum absolute atomic E-state index is 0.201. The molecule has 0 amide bonds. The molecule has 2 aromatic carbocycles. The lowest BCUT2D eigenvalue weighted by Gasteiger charge is -2.13. The van der Waals surface area contributed by atoms with Crippen molar-refractivity contribution in [2.24, 2.45) is 0 Å². The molecule has 0 saturated heterocycles. The van der Waals surface area contributed by atoms with Gasteiger partial charge in [0.25, 0.3) is 0 Å². The molecular formula is C48H68O8. The third kappa shape index (κ3) is 19.6. The van der Waals surface area contributed by atoms with Crippen LogP contribution in [0.3, 0.4) is 0 Å². The van der Waals surface area contributed by atoms with Gasteiger partial charge in [-0.3, -0.25) is 9.59 Å². The van der Waals surface area contributed by atoms with Gasteiger partial charge in [-0.2, -0.15) is 0 Å². The first-order valence-corrected chi connectivity index (χ1v) is 21.8. The van der Waals surface area contributed by atoms with Crippen molar-refractivity contribution >= 4 is 23.5 Å². The maximum atomic E-state index is 12.7.